The van der Waals surface area contributed by atoms with Crippen LogP contribution >= 0.6 is 35.7 Å². The van der Waals surface area contributed by atoms with Crippen LogP contribution in [0.5, 0.6) is 0 Å². The van der Waals surface area contributed by atoms with E-state index in [9.17, 15) is 8.42 Å². The summed E-state index contributed by atoms with van der Waals surface area (Å²) in [4.78, 5) is 4.36. The summed E-state index contributed by atoms with van der Waals surface area (Å²) in [5.41, 5.74) is 0. The smallest absolute Gasteiger partial charge is 0.208 e. The highest BCUT2D eigenvalue weighted by atomic mass is 127. The van der Waals surface area contributed by atoms with E-state index in [0.717, 1.165) is 31.1 Å². The van der Waals surface area contributed by atoms with Crippen LogP contribution in [0.4, 0.5) is 0 Å². The molecule has 0 saturated heterocycles. The maximum Gasteiger partial charge on any atom is 0.208 e. The van der Waals surface area contributed by atoms with Crippen molar-refractivity contribution in [3.8, 4) is 0 Å². The summed E-state index contributed by atoms with van der Waals surface area (Å²) in [7, 11) is -3.09. The molecule has 9 heteroatoms. The lowest BCUT2D eigenvalue weighted by Crippen LogP contribution is -2.38. The number of thioether (sulfide) groups is 1. The maximum atomic E-state index is 10.8. The zero-order chi connectivity index (χ0) is 13.9. The first-order valence-electron chi connectivity index (χ1n) is 5.95. The molecule has 6 nitrogen and oxygen atoms in total. The van der Waals surface area contributed by atoms with Crippen molar-refractivity contribution in [2.24, 2.45) is 4.99 Å². The number of nitrogens with one attached hydrogen (secondary N) is 3. The molecule has 0 aliphatic carbocycles. The van der Waals surface area contributed by atoms with E-state index in [0.29, 0.717) is 19.5 Å². The van der Waals surface area contributed by atoms with Crippen LogP contribution in [0.2, 0.25) is 0 Å². The van der Waals surface area contributed by atoms with Crippen molar-refractivity contribution >= 4 is 51.7 Å². The number of halogens is 1. The third-order valence-corrected chi connectivity index (χ3v) is 3.25. The van der Waals surface area contributed by atoms with Gasteiger partial charge in [-0.05, 0) is 19.6 Å². The summed E-state index contributed by atoms with van der Waals surface area (Å²) in [6, 6.07) is 0. The Morgan fingerprint density at radius 2 is 1.95 bits per heavy atom. The van der Waals surface area contributed by atoms with E-state index < -0.39 is 10.0 Å². The summed E-state index contributed by atoms with van der Waals surface area (Å²) >= 11 is 1.77. The highest BCUT2D eigenvalue weighted by molar-refractivity contribution is 14.0. The van der Waals surface area contributed by atoms with Crippen LogP contribution in [0.15, 0.2) is 4.99 Å². The number of aliphatic imine (C=N–C) groups is 1. The van der Waals surface area contributed by atoms with Crippen LogP contribution in [0, 0.1) is 0 Å². The van der Waals surface area contributed by atoms with E-state index in [1.54, 1.807) is 11.8 Å². The Kier molecular flexibility index (Phi) is 15.0. The van der Waals surface area contributed by atoms with Gasteiger partial charge in [0.1, 0.15) is 0 Å². The average Bonchev–Trinajstić information content (AvgIpc) is 2.27. The lowest BCUT2D eigenvalue weighted by molar-refractivity contribution is 0.585. The molecule has 0 bridgehead atoms. The second kappa shape index (κ2) is 13.3. The quantitative estimate of drug-likeness (QED) is 0.217. The van der Waals surface area contributed by atoms with Gasteiger partial charge in [-0.2, -0.15) is 11.8 Å². The average molecular weight is 424 g/mol. The first-order chi connectivity index (χ1) is 8.49. The molecule has 0 fully saturated rings. The number of hydrogen-bond acceptors (Lipinski definition) is 4. The molecule has 0 heterocycles. The number of rotatable bonds is 9. The van der Waals surface area contributed by atoms with Crippen molar-refractivity contribution in [1.82, 2.24) is 15.4 Å². The fourth-order valence-electron chi connectivity index (χ4n) is 1.14. The number of sulfonamides is 1. The molecular formula is C10H25IN4O2S2. The minimum absolute atomic E-state index is 0. The van der Waals surface area contributed by atoms with E-state index in [1.807, 2.05) is 6.92 Å². The first-order valence-corrected chi connectivity index (χ1v) is 9.24. The standard InChI is InChI=1S/C10H24N4O2S2.HI/c1-4-11-10(13-8-9-17-2)12-6-5-7-14-18(3,15)16;/h14H,4-9H2,1-3H3,(H2,11,12,13);1H. The molecule has 116 valence electrons. The van der Waals surface area contributed by atoms with Crippen molar-refractivity contribution < 1.29 is 8.42 Å². The van der Waals surface area contributed by atoms with Crippen LogP contribution in [0.25, 0.3) is 0 Å². The zero-order valence-electron chi connectivity index (χ0n) is 11.7. The molecule has 0 aliphatic rings. The van der Waals surface area contributed by atoms with Crippen LogP contribution in [-0.4, -0.2) is 58.8 Å². The van der Waals surface area contributed by atoms with Gasteiger partial charge in [-0.3, -0.25) is 4.99 Å². The number of guanidine groups is 1. The molecule has 19 heavy (non-hydrogen) atoms. The Morgan fingerprint density at radius 3 is 2.47 bits per heavy atom. The molecule has 0 rings (SSSR count). The lowest BCUT2D eigenvalue weighted by atomic mass is 10.4. The Bertz CT molecular complexity index is 336. The Labute approximate surface area is 138 Å². The molecule has 0 radical (unpaired) electrons. The van der Waals surface area contributed by atoms with Gasteiger partial charge in [0.25, 0.3) is 0 Å². The first kappa shape index (κ1) is 21.6. The SMILES string of the molecule is CCNC(=NCCCNS(C)(=O)=O)NCCSC.I. The molecule has 0 aromatic carbocycles. The molecule has 0 aromatic rings. The maximum absolute atomic E-state index is 10.8. The van der Waals surface area contributed by atoms with Gasteiger partial charge in [0.05, 0.1) is 6.26 Å². The van der Waals surface area contributed by atoms with Crippen molar-refractivity contribution in [1.29, 1.82) is 0 Å². The fourth-order valence-corrected chi connectivity index (χ4v) is 1.96. The van der Waals surface area contributed by atoms with Gasteiger partial charge in [-0.15, -0.1) is 24.0 Å². The highest BCUT2D eigenvalue weighted by Crippen LogP contribution is 1.87. The van der Waals surface area contributed by atoms with Crippen LogP contribution in [-0.2, 0) is 10.0 Å². The van der Waals surface area contributed by atoms with Crippen LogP contribution in [0.3, 0.4) is 0 Å². The molecule has 0 unspecified atom stereocenters. The van der Waals surface area contributed by atoms with Gasteiger partial charge >= 0.3 is 0 Å². The van der Waals surface area contributed by atoms with Crippen LogP contribution < -0.4 is 15.4 Å². The molecule has 3 N–H and O–H groups in total. The Morgan fingerprint density at radius 1 is 1.26 bits per heavy atom. The van der Waals surface area contributed by atoms with E-state index in [2.05, 4.69) is 26.6 Å². The highest BCUT2D eigenvalue weighted by Gasteiger charge is 1.99. The molecule has 0 aliphatic heterocycles. The van der Waals surface area contributed by atoms with E-state index in [4.69, 9.17) is 0 Å². The molecular weight excluding hydrogens is 399 g/mol. The van der Waals surface area contributed by atoms with Gasteiger partial charge in [-0.1, -0.05) is 0 Å². The molecule has 0 aromatic heterocycles. The monoisotopic (exact) mass is 424 g/mol. The van der Waals surface area contributed by atoms with Gasteiger partial charge in [0.15, 0.2) is 5.96 Å². The second-order valence-corrected chi connectivity index (χ2v) is 6.52. The third kappa shape index (κ3) is 16.2. The molecule has 0 spiro atoms. The van der Waals surface area contributed by atoms with Gasteiger partial charge in [-0.25, -0.2) is 13.1 Å². The van der Waals surface area contributed by atoms with Crippen molar-refractivity contribution in [2.45, 2.75) is 13.3 Å². The van der Waals surface area contributed by atoms with E-state index >= 15 is 0 Å². The minimum Gasteiger partial charge on any atom is -0.357 e. The van der Waals surface area contributed by atoms with E-state index in [1.165, 1.54) is 0 Å². The zero-order valence-corrected chi connectivity index (χ0v) is 15.7. The summed E-state index contributed by atoms with van der Waals surface area (Å²) < 4.78 is 24.1. The molecule has 0 saturated carbocycles. The van der Waals surface area contributed by atoms with Crippen molar-refractivity contribution in [3.05, 3.63) is 0 Å². The normalized spacial score (nSPS) is 11.8. The fraction of sp³-hybridized carbons (Fsp3) is 0.900. The van der Waals surface area contributed by atoms with Gasteiger partial charge < -0.3 is 10.6 Å². The van der Waals surface area contributed by atoms with Crippen LogP contribution in [0.1, 0.15) is 13.3 Å². The predicted octanol–water partition coefficient (Wildman–Crippen LogP) is 0.462. The summed E-state index contributed by atoms with van der Waals surface area (Å²) in [5, 5.41) is 6.35. The third-order valence-electron chi connectivity index (χ3n) is 1.91. The lowest BCUT2D eigenvalue weighted by Gasteiger charge is -2.10. The molecule has 0 atom stereocenters. The molecule has 0 amide bonds. The topological polar surface area (TPSA) is 82.6 Å². The largest absolute Gasteiger partial charge is 0.357 e. The van der Waals surface area contributed by atoms with Crippen molar-refractivity contribution in [2.75, 3.05) is 44.4 Å². The van der Waals surface area contributed by atoms with Crippen molar-refractivity contribution in [3.63, 3.8) is 0 Å². The van der Waals surface area contributed by atoms with E-state index in [-0.39, 0.29) is 24.0 Å². The number of hydrogen-bond donors (Lipinski definition) is 3. The summed E-state index contributed by atoms with van der Waals surface area (Å²) in [6.07, 6.45) is 3.90. The Hall–Kier alpha value is 0.260. The van der Waals surface area contributed by atoms with Gasteiger partial charge in [0.2, 0.25) is 10.0 Å². The number of nitrogens with zero attached hydrogens (tertiary/aromatic N) is 1. The van der Waals surface area contributed by atoms with Gasteiger partial charge in [0, 0.05) is 31.9 Å². The summed E-state index contributed by atoms with van der Waals surface area (Å²) in [6.45, 7) is 4.71. The second-order valence-electron chi connectivity index (χ2n) is 3.70. The Balaban J connectivity index is 0. The minimum atomic E-state index is -3.09. The predicted molar refractivity (Wildman–Crippen MR) is 95.2 cm³/mol. The summed E-state index contributed by atoms with van der Waals surface area (Å²) in [5.74, 6) is 1.81.